The zero-order valence-corrected chi connectivity index (χ0v) is 8.84. The highest BCUT2D eigenvalue weighted by molar-refractivity contribution is 9.10. The number of hydrogen-bond acceptors (Lipinski definition) is 2. The van der Waals surface area contributed by atoms with E-state index in [4.69, 9.17) is 5.73 Å². The molecule has 0 saturated carbocycles. The molecule has 72 valence electrons. The summed E-state index contributed by atoms with van der Waals surface area (Å²) in [6.45, 7) is 0. The van der Waals surface area contributed by atoms with Gasteiger partial charge >= 0.3 is 0 Å². The van der Waals surface area contributed by atoms with Crippen molar-refractivity contribution in [2.75, 3.05) is 0 Å². The molecule has 0 unspecified atom stereocenters. The van der Waals surface area contributed by atoms with Crippen LogP contribution in [0.25, 0.3) is 0 Å². The number of benzene rings is 1. The van der Waals surface area contributed by atoms with E-state index < -0.39 is 5.91 Å². The van der Waals surface area contributed by atoms with Crippen molar-refractivity contribution in [3.8, 4) is 17.6 Å². The second kappa shape index (κ2) is 4.68. The molecule has 0 aliphatic rings. The number of carbonyl (C=O) groups excluding carboxylic acids is 1. The lowest BCUT2D eigenvalue weighted by atomic mass is 10.2. The van der Waals surface area contributed by atoms with Crippen molar-refractivity contribution >= 4 is 21.8 Å². The maximum atomic E-state index is 10.4. The number of phenols is 1. The number of halogens is 1. The van der Waals surface area contributed by atoms with E-state index in [0.29, 0.717) is 5.56 Å². The van der Waals surface area contributed by atoms with Crippen LogP contribution in [0.3, 0.4) is 0 Å². The predicted molar refractivity (Wildman–Crippen MR) is 56.5 cm³/mol. The monoisotopic (exact) mass is 253 g/mol. The van der Waals surface area contributed by atoms with Crippen molar-refractivity contribution < 1.29 is 9.90 Å². The van der Waals surface area contributed by atoms with Crippen molar-refractivity contribution in [2.45, 2.75) is 6.42 Å². The van der Waals surface area contributed by atoms with Gasteiger partial charge in [-0.25, -0.2) is 0 Å². The van der Waals surface area contributed by atoms with Crippen LogP contribution in [0.5, 0.6) is 5.75 Å². The summed E-state index contributed by atoms with van der Waals surface area (Å²) in [5.74, 6) is 4.83. The molecule has 14 heavy (non-hydrogen) atoms. The summed E-state index contributed by atoms with van der Waals surface area (Å²) in [6.07, 6.45) is -0.00798. The molecule has 0 bridgehead atoms. The Kier molecular flexibility index (Phi) is 3.55. The van der Waals surface area contributed by atoms with Crippen molar-refractivity contribution in [3.63, 3.8) is 0 Å². The Hall–Kier alpha value is -1.47. The third-order valence-electron chi connectivity index (χ3n) is 1.44. The predicted octanol–water partition coefficient (Wildman–Crippen LogP) is 1.38. The SMILES string of the molecule is NC(=O)CC#Cc1cc(Br)ccc1O. The highest BCUT2D eigenvalue weighted by atomic mass is 79.9. The number of carbonyl (C=O) groups is 1. The lowest BCUT2D eigenvalue weighted by molar-refractivity contribution is -0.117. The number of phenolic OH excluding ortho intramolecular Hbond substituents is 1. The number of amides is 1. The van der Waals surface area contributed by atoms with Crippen LogP contribution in [0.2, 0.25) is 0 Å². The Balaban J connectivity index is 2.88. The third-order valence-corrected chi connectivity index (χ3v) is 1.94. The number of primary amides is 1. The topological polar surface area (TPSA) is 63.3 Å². The zero-order valence-electron chi connectivity index (χ0n) is 7.25. The fourth-order valence-electron chi connectivity index (χ4n) is 0.835. The summed E-state index contributed by atoms with van der Waals surface area (Å²) in [6, 6.07) is 4.90. The van der Waals surface area contributed by atoms with E-state index in [1.54, 1.807) is 12.1 Å². The lowest BCUT2D eigenvalue weighted by Gasteiger charge is -1.96. The molecule has 1 aromatic carbocycles. The first-order valence-corrected chi connectivity index (χ1v) is 4.64. The van der Waals surface area contributed by atoms with Crippen LogP contribution in [0.4, 0.5) is 0 Å². The Bertz CT molecular complexity index is 418. The average molecular weight is 254 g/mol. The maximum absolute atomic E-state index is 10.4. The zero-order chi connectivity index (χ0) is 10.6. The van der Waals surface area contributed by atoms with E-state index in [1.807, 2.05) is 0 Å². The molecule has 3 N–H and O–H groups in total. The van der Waals surface area contributed by atoms with Gasteiger partial charge in [0.1, 0.15) is 5.75 Å². The second-order valence-corrected chi connectivity index (χ2v) is 3.52. The van der Waals surface area contributed by atoms with E-state index in [9.17, 15) is 9.90 Å². The fraction of sp³-hybridized carbons (Fsp3) is 0.100. The number of nitrogens with two attached hydrogens (primary N) is 1. The van der Waals surface area contributed by atoms with Gasteiger partial charge in [-0.3, -0.25) is 4.79 Å². The van der Waals surface area contributed by atoms with Gasteiger partial charge in [0.05, 0.1) is 12.0 Å². The molecule has 0 atom stereocenters. The fourth-order valence-corrected chi connectivity index (χ4v) is 1.20. The van der Waals surface area contributed by atoms with E-state index in [2.05, 4.69) is 27.8 Å². The molecule has 0 aromatic heterocycles. The first-order valence-electron chi connectivity index (χ1n) is 3.85. The summed E-state index contributed by atoms with van der Waals surface area (Å²) in [5.41, 5.74) is 5.38. The van der Waals surface area contributed by atoms with E-state index in [1.165, 1.54) is 6.07 Å². The van der Waals surface area contributed by atoms with Gasteiger partial charge < -0.3 is 10.8 Å². The van der Waals surface area contributed by atoms with Gasteiger partial charge in [0.2, 0.25) is 5.91 Å². The molecular formula is C10H8BrNO2. The van der Waals surface area contributed by atoms with Crippen LogP contribution in [-0.2, 0) is 4.79 Å². The van der Waals surface area contributed by atoms with Gasteiger partial charge in [0.15, 0.2) is 0 Å². The minimum atomic E-state index is -0.480. The highest BCUT2D eigenvalue weighted by Crippen LogP contribution is 2.20. The van der Waals surface area contributed by atoms with Gasteiger partial charge in [-0.2, -0.15) is 0 Å². The van der Waals surface area contributed by atoms with Gasteiger partial charge in [-0.05, 0) is 18.2 Å². The third kappa shape index (κ3) is 3.11. The normalized spacial score (nSPS) is 8.93. The highest BCUT2D eigenvalue weighted by Gasteiger charge is 1.97. The molecule has 4 heteroatoms. The molecule has 0 heterocycles. The van der Waals surface area contributed by atoms with Crippen LogP contribution >= 0.6 is 15.9 Å². The molecule has 3 nitrogen and oxygen atoms in total. The summed E-state index contributed by atoms with van der Waals surface area (Å²) < 4.78 is 0.818. The molecule has 0 aliphatic carbocycles. The molecule has 1 rings (SSSR count). The van der Waals surface area contributed by atoms with E-state index >= 15 is 0 Å². The standard InChI is InChI=1S/C10H8BrNO2/c11-8-4-5-9(13)7(6-8)2-1-3-10(12)14/h4-6,13H,3H2,(H2,12,14). The van der Waals surface area contributed by atoms with Crippen LogP contribution in [-0.4, -0.2) is 11.0 Å². The largest absolute Gasteiger partial charge is 0.507 e. The molecule has 0 fully saturated rings. The van der Waals surface area contributed by atoms with Crippen molar-refractivity contribution in [3.05, 3.63) is 28.2 Å². The molecule has 0 aliphatic heterocycles. The summed E-state index contributed by atoms with van der Waals surface area (Å²) in [5, 5.41) is 9.36. The minimum Gasteiger partial charge on any atom is -0.507 e. The van der Waals surface area contributed by atoms with E-state index in [-0.39, 0.29) is 12.2 Å². The minimum absolute atomic E-state index is 0.00798. The summed E-state index contributed by atoms with van der Waals surface area (Å²) >= 11 is 3.25. The van der Waals surface area contributed by atoms with Crippen LogP contribution < -0.4 is 5.73 Å². The van der Waals surface area contributed by atoms with Crippen molar-refractivity contribution in [1.82, 2.24) is 0 Å². The second-order valence-electron chi connectivity index (χ2n) is 2.61. The molecular weight excluding hydrogens is 246 g/mol. The first-order chi connectivity index (χ1) is 6.59. The molecule has 1 amide bonds. The number of rotatable bonds is 1. The van der Waals surface area contributed by atoms with Gasteiger partial charge in [0, 0.05) is 4.47 Å². The Morgan fingerprint density at radius 1 is 1.57 bits per heavy atom. The molecule has 1 aromatic rings. The van der Waals surface area contributed by atoms with Crippen molar-refractivity contribution in [1.29, 1.82) is 0 Å². The van der Waals surface area contributed by atoms with Crippen molar-refractivity contribution in [2.24, 2.45) is 5.73 Å². The number of aromatic hydroxyl groups is 1. The lowest BCUT2D eigenvalue weighted by Crippen LogP contribution is -2.08. The molecule has 0 radical (unpaired) electrons. The maximum Gasteiger partial charge on any atom is 0.229 e. The smallest absolute Gasteiger partial charge is 0.229 e. The quantitative estimate of drug-likeness (QED) is 0.743. The van der Waals surface area contributed by atoms with E-state index in [0.717, 1.165) is 4.47 Å². The van der Waals surface area contributed by atoms with Crippen LogP contribution in [0.1, 0.15) is 12.0 Å². The number of hydrogen-bond donors (Lipinski definition) is 2. The van der Waals surface area contributed by atoms with Crippen LogP contribution in [0, 0.1) is 11.8 Å². The average Bonchev–Trinajstić information content (AvgIpc) is 2.10. The van der Waals surface area contributed by atoms with Gasteiger partial charge in [0.25, 0.3) is 0 Å². The molecule has 0 saturated heterocycles. The summed E-state index contributed by atoms with van der Waals surface area (Å²) in [7, 11) is 0. The Labute approximate surface area is 90.1 Å². The Morgan fingerprint density at radius 2 is 2.29 bits per heavy atom. The molecule has 0 spiro atoms. The Morgan fingerprint density at radius 3 is 2.93 bits per heavy atom. The first kappa shape index (κ1) is 10.6. The van der Waals surface area contributed by atoms with Gasteiger partial charge in [-0.1, -0.05) is 27.8 Å². The van der Waals surface area contributed by atoms with Crippen LogP contribution in [0.15, 0.2) is 22.7 Å². The van der Waals surface area contributed by atoms with Gasteiger partial charge in [-0.15, -0.1) is 0 Å². The summed E-state index contributed by atoms with van der Waals surface area (Å²) in [4.78, 5) is 10.4.